The van der Waals surface area contributed by atoms with Gasteiger partial charge < -0.3 is 33.3 Å². The van der Waals surface area contributed by atoms with Crippen molar-refractivity contribution in [1.29, 1.82) is 0 Å². The van der Waals surface area contributed by atoms with Crippen molar-refractivity contribution in [2.45, 2.75) is 38.6 Å². The maximum Gasteiger partial charge on any atom is 0.253 e. The van der Waals surface area contributed by atoms with E-state index in [4.69, 9.17) is 23.9 Å². The Morgan fingerprint density at radius 1 is 0.940 bits per heavy atom. The molecule has 5 rings (SSSR count). The Labute approximate surface area is 291 Å². The first-order valence-electron chi connectivity index (χ1n) is 17.0. The largest absolute Gasteiger partial charge is 0.493 e. The quantitative estimate of drug-likeness (QED) is 0.101. The van der Waals surface area contributed by atoms with Crippen LogP contribution in [0.25, 0.3) is 11.0 Å². The molecule has 0 spiro atoms. The highest BCUT2D eigenvalue weighted by Crippen LogP contribution is 2.38. The summed E-state index contributed by atoms with van der Waals surface area (Å²) in [5.74, 6) is -0.987. The first kappa shape index (κ1) is 36.7. The number of methoxy groups -OCH3 is 3. The fourth-order valence-electron chi connectivity index (χ4n) is 6.70. The number of hydrogen-bond acceptors (Lipinski definition) is 8. The van der Waals surface area contributed by atoms with E-state index < -0.39 is 11.6 Å². The number of aromatic nitrogens is 2. The van der Waals surface area contributed by atoms with Crippen LogP contribution in [0, 0.1) is 17.6 Å². The number of Topliss-reactive ketones (excluding diaryl/α,β-unsaturated/α-hetero) is 1. The summed E-state index contributed by atoms with van der Waals surface area (Å²) in [4.78, 5) is 36.0. The molecule has 1 atom stereocenters. The Bertz CT molecular complexity index is 1760. The molecule has 1 amide bonds. The SMILES string of the molecule is CCOCCn1c(C(=O)C2CCN(CCC(CN(C)C(=O)c3cc(OC)c(OC)c(OC)c3)c3ccc(F)c(F)c3)CC2)nc2ccccc21. The minimum absolute atomic E-state index is 0.0453. The van der Waals surface area contributed by atoms with Gasteiger partial charge in [-0.2, -0.15) is 0 Å². The van der Waals surface area contributed by atoms with Gasteiger partial charge in [-0.25, -0.2) is 13.8 Å². The zero-order valence-corrected chi connectivity index (χ0v) is 29.4. The van der Waals surface area contributed by atoms with Gasteiger partial charge in [0.15, 0.2) is 29.0 Å². The zero-order chi connectivity index (χ0) is 35.8. The van der Waals surface area contributed by atoms with Crippen molar-refractivity contribution in [3.05, 3.63) is 83.2 Å². The molecule has 12 heteroatoms. The number of halogens is 2. The standard InChI is InChI=1S/C38H46F2N4O6/c1-6-50-20-19-44-32-10-8-7-9-31(32)41-37(44)35(45)25-13-16-43(17-14-25)18-15-27(26-11-12-29(39)30(40)21-26)24-42(2)38(46)28-22-33(47-3)36(49-5)34(23-28)48-4/h7-12,21-23,25,27H,6,13-20,24H2,1-5H3. The number of carbonyl (C=O) groups excluding carboxylic acids is 2. The van der Waals surface area contributed by atoms with Crippen LogP contribution in [0.2, 0.25) is 0 Å². The molecule has 3 aromatic carbocycles. The lowest BCUT2D eigenvalue weighted by molar-refractivity contribution is 0.0778. The van der Waals surface area contributed by atoms with Gasteiger partial charge in [-0.3, -0.25) is 9.59 Å². The van der Waals surface area contributed by atoms with Gasteiger partial charge in [0.05, 0.1) is 39.0 Å². The van der Waals surface area contributed by atoms with Crippen LogP contribution in [-0.2, 0) is 11.3 Å². The van der Waals surface area contributed by atoms with Crippen molar-refractivity contribution in [3.63, 3.8) is 0 Å². The maximum atomic E-state index is 14.4. The Morgan fingerprint density at radius 3 is 2.28 bits per heavy atom. The number of ether oxygens (including phenoxy) is 4. The number of likely N-dealkylation sites (N-methyl/N-ethyl adjacent to an activating group) is 1. The second kappa shape index (κ2) is 16.9. The molecular weight excluding hydrogens is 646 g/mol. The lowest BCUT2D eigenvalue weighted by atomic mass is 9.90. The highest BCUT2D eigenvalue weighted by atomic mass is 19.2. The molecule has 4 aromatic rings. The molecule has 0 aliphatic carbocycles. The van der Waals surface area contributed by atoms with E-state index in [1.807, 2.05) is 35.8 Å². The molecule has 268 valence electrons. The maximum absolute atomic E-state index is 14.4. The minimum Gasteiger partial charge on any atom is -0.493 e. The smallest absolute Gasteiger partial charge is 0.253 e. The summed E-state index contributed by atoms with van der Waals surface area (Å²) < 4.78 is 52.2. The topological polar surface area (TPSA) is 95.4 Å². The number of ketones is 1. The summed E-state index contributed by atoms with van der Waals surface area (Å²) >= 11 is 0. The monoisotopic (exact) mass is 692 g/mol. The number of carbonyl (C=O) groups is 2. The molecule has 1 unspecified atom stereocenters. The Hall–Kier alpha value is -4.55. The number of likely N-dealkylation sites (tertiary alicyclic amines) is 1. The van der Waals surface area contributed by atoms with E-state index in [0.29, 0.717) is 92.9 Å². The van der Waals surface area contributed by atoms with Gasteiger partial charge in [-0.05, 0) is 87.8 Å². The number of nitrogens with zero attached hydrogens (tertiary/aromatic N) is 4. The molecule has 0 saturated carbocycles. The predicted octanol–water partition coefficient (Wildman–Crippen LogP) is 6.22. The number of amides is 1. The first-order valence-corrected chi connectivity index (χ1v) is 17.0. The summed E-state index contributed by atoms with van der Waals surface area (Å²) in [5, 5.41) is 0. The van der Waals surface area contributed by atoms with Crippen molar-refractivity contribution < 1.29 is 37.3 Å². The van der Waals surface area contributed by atoms with Crippen LogP contribution in [0.4, 0.5) is 8.78 Å². The third kappa shape index (κ3) is 8.24. The van der Waals surface area contributed by atoms with E-state index in [0.717, 1.165) is 17.1 Å². The molecule has 1 aromatic heterocycles. The van der Waals surface area contributed by atoms with Crippen LogP contribution < -0.4 is 14.2 Å². The highest BCUT2D eigenvalue weighted by Gasteiger charge is 2.30. The molecule has 1 aliphatic rings. The molecule has 0 radical (unpaired) electrons. The van der Waals surface area contributed by atoms with Gasteiger partial charge in [-0.15, -0.1) is 0 Å². The molecule has 10 nitrogen and oxygen atoms in total. The zero-order valence-electron chi connectivity index (χ0n) is 29.4. The van der Waals surface area contributed by atoms with Gasteiger partial charge in [-0.1, -0.05) is 18.2 Å². The average molecular weight is 693 g/mol. The number of imidazole rings is 1. The van der Waals surface area contributed by atoms with Crippen molar-refractivity contribution in [2.24, 2.45) is 5.92 Å². The fraction of sp³-hybridized carbons (Fsp3) is 0.447. The second-order valence-electron chi connectivity index (χ2n) is 12.5. The lowest BCUT2D eigenvalue weighted by Crippen LogP contribution is -2.39. The number of benzene rings is 3. The molecule has 50 heavy (non-hydrogen) atoms. The van der Waals surface area contributed by atoms with Crippen molar-refractivity contribution in [3.8, 4) is 17.2 Å². The summed E-state index contributed by atoms with van der Waals surface area (Å²) in [6.07, 6.45) is 1.95. The summed E-state index contributed by atoms with van der Waals surface area (Å²) in [5.41, 5.74) is 2.65. The summed E-state index contributed by atoms with van der Waals surface area (Å²) in [6.45, 7) is 5.93. The van der Waals surface area contributed by atoms with E-state index in [1.165, 1.54) is 27.4 Å². The number of piperidine rings is 1. The van der Waals surface area contributed by atoms with E-state index in [1.54, 1.807) is 30.1 Å². The molecular formula is C38H46F2N4O6. The van der Waals surface area contributed by atoms with E-state index in [9.17, 15) is 18.4 Å². The van der Waals surface area contributed by atoms with Crippen LogP contribution in [0.3, 0.4) is 0 Å². The van der Waals surface area contributed by atoms with Gasteiger partial charge >= 0.3 is 0 Å². The summed E-state index contributed by atoms with van der Waals surface area (Å²) in [6, 6.07) is 14.9. The number of rotatable bonds is 16. The van der Waals surface area contributed by atoms with Gasteiger partial charge in [0, 0.05) is 44.1 Å². The van der Waals surface area contributed by atoms with Crippen molar-refractivity contribution in [2.75, 3.05) is 67.8 Å². The number of para-hydroxylation sites is 2. The van der Waals surface area contributed by atoms with Crippen LogP contribution in [0.15, 0.2) is 54.6 Å². The van der Waals surface area contributed by atoms with Gasteiger partial charge in [0.25, 0.3) is 5.91 Å². The molecule has 0 N–H and O–H groups in total. The Kier molecular flexibility index (Phi) is 12.4. The van der Waals surface area contributed by atoms with Gasteiger partial charge in [0.1, 0.15) is 0 Å². The predicted molar refractivity (Wildman–Crippen MR) is 186 cm³/mol. The fourth-order valence-corrected chi connectivity index (χ4v) is 6.70. The average Bonchev–Trinajstić information content (AvgIpc) is 3.51. The highest BCUT2D eigenvalue weighted by molar-refractivity contribution is 5.98. The normalized spacial score (nSPS) is 14.5. The Balaban J connectivity index is 1.26. The molecule has 2 heterocycles. The van der Waals surface area contributed by atoms with Crippen molar-refractivity contribution in [1.82, 2.24) is 19.4 Å². The number of fused-ring (bicyclic) bond motifs is 1. The van der Waals surface area contributed by atoms with Crippen LogP contribution in [0.1, 0.15) is 58.6 Å². The minimum atomic E-state index is -0.933. The third-order valence-corrected chi connectivity index (χ3v) is 9.46. The van der Waals surface area contributed by atoms with E-state index >= 15 is 0 Å². The third-order valence-electron chi connectivity index (χ3n) is 9.46. The summed E-state index contributed by atoms with van der Waals surface area (Å²) in [7, 11) is 6.13. The first-order chi connectivity index (χ1) is 24.2. The molecule has 1 aliphatic heterocycles. The lowest BCUT2D eigenvalue weighted by Gasteiger charge is -2.33. The molecule has 0 bridgehead atoms. The Morgan fingerprint density at radius 2 is 1.64 bits per heavy atom. The molecule has 1 fully saturated rings. The van der Waals surface area contributed by atoms with Crippen LogP contribution >= 0.6 is 0 Å². The second-order valence-corrected chi connectivity index (χ2v) is 12.5. The number of hydrogen-bond donors (Lipinski definition) is 0. The van der Waals surface area contributed by atoms with E-state index in [2.05, 4.69) is 4.90 Å². The van der Waals surface area contributed by atoms with Crippen molar-refractivity contribution >= 4 is 22.7 Å². The van der Waals surface area contributed by atoms with Gasteiger partial charge in [0.2, 0.25) is 11.5 Å². The van der Waals surface area contributed by atoms with Crippen LogP contribution in [0.5, 0.6) is 17.2 Å². The van der Waals surface area contributed by atoms with Crippen LogP contribution in [-0.4, -0.2) is 98.8 Å². The molecule has 1 saturated heterocycles. The van der Waals surface area contributed by atoms with E-state index in [-0.39, 0.29) is 30.1 Å².